The van der Waals surface area contributed by atoms with Gasteiger partial charge in [-0.05, 0) is 48.4 Å². The number of hydrogen-bond acceptors (Lipinski definition) is 2. The molecule has 0 bridgehead atoms. The Hall–Kier alpha value is -3.54. The molecule has 29 heavy (non-hydrogen) atoms. The van der Waals surface area contributed by atoms with Crippen molar-refractivity contribution in [3.8, 4) is 28.1 Å². The van der Waals surface area contributed by atoms with Crippen molar-refractivity contribution in [2.75, 3.05) is 5.73 Å². The number of anilines is 1. The first-order valence-corrected chi connectivity index (χ1v) is 9.02. The molecule has 1 aromatic heterocycles. The van der Waals surface area contributed by atoms with Crippen LogP contribution in [0.25, 0.3) is 28.1 Å². The molecule has 4 rings (SSSR count). The molecule has 0 amide bonds. The standard InChI is InChI=1S/C23H18F3N3/c1-15-2-4-16(5-3-15)17-6-8-18(9-7-17)21-14-22(23(24,25)26)28-29(21)20-12-10-19(27)11-13-20/h2-14H,27H2,1H3. The molecule has 0 saturated carbocycles. The van der Waals surface area contributed by atoms with Crippen LogP contribution in [-0.4, -0.2) is 9.78 Å². The summed E-state index contributed by atoms with van der Waals surface area (Å²) in [5.41, 5.74) is 10.00. The molecule has 3 nitrogen and oxygen atoms in total. The molecular weight excluding hydrogens is 375 g/mol. The molecule has 1 heterocycles. The van der Waals surface area contributed by atoms with Crippen LogP contribution in [0, 0.1) is 6.92 Å². The molecule has 4 aromatic rings. The van der Waals surface area contributed by atoms with Gasteiger partial charge in [-0.1, -0.05) is 54.1 Å². The number of aryl methyl sites for hydroxylation is 1. The fraction of sp³-hybridized carbons (Fsp3) is 0.0870. The first-order chi connectivity index (χ1) is 13.8. The van der Waals surface area contributed by atoms with Gasteiger partial charge in [-0.3, -0.25) is 0 Å². The summed E-state index contributed by atoms with van der Waals surface area (Å²) >= 11 is 0. The molecule has 146 valence electrons. The minimum atomic E-state index is -4.53. The Bertz CT molecular complexity index is 1120. The Labute approximate surface area is 166 Å². The summed E-state index contributed by atoms with van der Waals surface area (Å²) < 4.78 is 41.2. The third kappa shape index (κ3) is 3.87. The van der Waals surface area contributed by atoms with Crippen LogP contribution in [0.3, 0.4) is 0 Å². The summed E-state index contributed by atoms with van der Waals surface area (Å²) in [6.07, 6.45) is -4.53. The number of nitrogens with two attached hydrogens (primary N) is 1. The van der Waals surface area contributed by atoms with Crippen LogP contribution in [0.5, 0.6) is 0 Å². The van der Waals surface area contributed by atoms with Gasteiger partial charge in [0.25, 0.3) is 0 Å². The Kier molecular flexibility index (Phi) is 4.62. The molecule has 0 radical (unpaired) electrons. The molecule has 0 aliphatic heterocycles. The van der Waals surface area contributed by atoms with E-state index in [1.807, 2.05) is 43.3 Å². The van der Waals surface area contributed by atoms with Gasteiger partial charge in [0, 0.05) is 11.3 Å². The van der Waals surface area contributed by atoms with Gasteiger partial charge in [0.2, 0.25) is 0 Å². The maximum atomic E-state index is 13.3. The lowest BCUT2D eigenvalue weighted by Crippen LogP contribution is -2.07. The van der Waals surface area contributed by atoms with Crippen molar-refractivity contribution in [3.63, 3.8) is 0 Å². The van der Waals surface area contributed by atoms with Crippen molar-refractivity contribution in [3.05, 3.63) is 90.1 Å². The highest BCUT2D eigenvalue weighted by molar-refractivity contribution is 5.70. The minimum Gasteiger partial charge on any atom is -0.399 e. The van der Waals surface area contributed by atoms with E-state index in [-0.39, 0.29) is 0 Å². The predicted molar refractivity (Wildman–Crippen MR) is 109 cm³/mol. The molecule has 0 aliphatic carbocycles. The van der Waals surface area contributed by atoms with E-state index in [1.165, 1.54) is 4.68 Å². The third-order valence-electron chi connectivity index (χ3n) is 4.70. The second-order valence-corrected chi connectivity index (χ2v) is 6.86. The zero-order valence-electron chi connectivity index (χ0n) is 15.6. The number of hydrogen-bond donors (Lipinski definition) is 1. The van der Waals surface area contributed by atoms with Gasteiger partial charge in [0.15, 0.2) is 5.69 Å². The van der Waals surface area contributed by atoms with E-state index in [0.29, 0.717) is 22.6 Å². The van der Waals surface area contributed by atoms with Crippen molar-refractivity contribution >= 4 is 5.69 Å². The van der Waals surface area contributed by atoms with Gasteiger partial charge in [-0.25, -0.2) is 4.68 Å². The largest absolute Gasteiger partial charge is 0.435 e. The first kappa shape index (κ1) is 18.8. The van der Waals surface area contributed by atoms with Gasteiger partial charge in [0.05, 0.1) is 11.4 Å². The van der Waals surface area contributed by atoms with E-state index in [4.69, 9.17) is 5.73 Å². The van der Waals surface area contributed by atoms with Gasteiger partial charge in [-0.2, -0.15) is 18.3 Å². The van der Waals surface area contributed by atoms with Crippen LogP contribution in [0.15, 0.2) is 78.9 Å². The van der Waals surface area contributed by atoms with Crippen LogP contribution in [-0.2, 0) is 6.18 Å². The molecular formula is C23H18F3N3. The molecule has 0 aliphatic rings. The Morgan fingerprint density at radius 2 is 1.28 bits per heavy atom. The summed E-state index contributed by atoms with van der Waals surface area (Å²) in [5.74, 6) is 0. The number of nitrogens with zero attached hydrogens (tertiary/aromatic N) is 2. The van der Waals surface area contributed by atoms with Crippen LogP contribution >= 0.6 is 0 Å². The zero-order chi connectivity index (χ0) is 20.6. The Balaban J connectivity index is 1.78. The summed E-state index contributed by atoms with van der Waals surface area (Å²) in [7, 11) is 0. The van der Waals surface area contributed by atoms with E-state index in [2.05, 4.69) is 5.10 Å². The first-order valence-electron chi connectivity index (χ1n) is 9.02. The van der Waals surface area contributed by atoms with Crippen LogP contribution < -0.4 is 5.73 Å². The minimum absolute atomic E-state index is 0.359. The van der Waals surface area contributed by atoms with Gasteiger partial charge in [0.1, 0.15) is 0 Å². The molecule has 3 aromatic carbocycles. The van der Waals surface area contributed by atoms with Crippen molar-refractivity contribution in [2.24, 2.45) is 0 Å². The summed E-state index contributed by atoms with van der Waals surface area (Å²) in [5, 5.41) is 3.80. The fourth-order valence-corrected chi connectivity index (χ4v) is 3.12. The molecule has 0 saturated heterocycles. The van der Waals surface area contributed by atoms with Crippen LogP contribution in [0.1, 0.15) is 11.3 Å². The molecule has 0 unspecified atom stereocenters. The maximum absolute atomic E-state index is 13.3. The van der Waals surface area contributed by atoms with E-state index >= 15 is 0 Å². The number of alkyl halides is 3. The summed E-state index contributed by atoms with van der Waals surface area (Å²) in [6.45, 7) is 2.02. The average molecular weight is 393 g/mol. The zero-order valence-corrected chi connectivity index (χ0v) is 15.6. The van der Waals surface area contributed by atoms with E-state index < -0.39 is 11.9 Å². The average Bonchev–Trinajstić information content (AvgIpc) is 3.15. The highest BCUT2D eigenvalue weighted by Crippen LogP contribution is 2.34. The highest BCUT2D eigenvalue weighted by atomic mass is 19.4. The van der Waals surface area contributed by atoms with E-state index in [0.717, 1.165) is 22.8 Å². The topological polar surface area (TPSA) is 43.8 Å². The fourth-order valence-electron chi connectivity index (χ4n) is 3.12. The number of rotatable bonds is 3. The molecule has 0 atom stereocenters. The van der Waals surface area contributed by atoms with Crippen molar-refractivity contribution in [2.45, 2.75) is 13.1 Å². The monoisotopic (exact) mass is 393 g/mol. The quantitative estimate of drug-likeness (QED) is 0.427. The van der Waals surface area contributed by atoms with Gasteiger partial charge in [-0.15, -0.1) is 0 Å². The van der Waals surface area contributed by atoms with Crippen molar-refractivity contribution in [1.29, 1.82) is 0 Å². The Morgan fingerprint density at radius 3 is 1.83 bits per heavy atom. The summed E-state index contributed by atoms with van der Waals surface area (Å²) in [6, 6.07) is 23.1. The lowest BCUT2D eigenvalue weighted by atomic mass is 10.0. The van der Waals surface area contributed by atoms with E-state index in [1.54, 1.807) is 36.4 Å². The van der Waals surface area contributed by atoms with Crippen molar-refractivity contribution in [1.82, 2.24) is 9.78 Å². The van der Waals surface area contributed by atoms with Crippen LogP contribution in [0.4, 0.5) is 18.9 Å². The second-order valence-electron chi connectivity index (χ2n) is 6.86. The van der Waals surface area contributed by atoms with Gasteiger partial charge < -0.3 is 5.73 Å². The number of halogens is 3. The Morgan fingerprint density at radius 1 is 0.759 bits per heavy atom. The lowest BCUT2D eigenvalue weighted by Gasteiger charge is -2.09. The second kappa shape index (κ2) is 7.13. The molecule has 6 heteroatoms. The number of nitrogen functional groups attached to an aromatic ring is 1. The smallest absolute Gasteiger partial charge is 0.399 e. The maximum Gasteiger partial charge on any atom is 0.435 e. The van der Waals surface area contributed by atoms with Crippen molar-refractivity contribution < 1.29 is 13.2 Å². The molecule has 0 fully saturated rings. The molecule has 2 N–H and O–H groups in total. The SMILES string of the molecule is Cc1ccc(-c2ccc(-c3cc(C(F)(F)F)nn3-c3ccc(N)cc3)cc2)cc1. The highest BCUT2D eigenvalue weighted by Gasteiger charge is 2.35. The van der Waals surface area contributed by atoms with Gasteiger partial charge >= 0.3 is 6.18 Å². The normalized spacial score (nSPS) is 11.6. The lowest BCUT2D eigenvalue weighted by molar-refractivity contribution is -0.141. The van der Waals surface area contributed by atoms with Crippen LogP contribution in [0.2, 0.25) is 0 Å². The van der Waals surface area contributed by atoms with E-state index in [9.17, 15) is 13.2 Å². The predicted octanol–water partition coefficient (Wildman–Crippen LogP) is 6.12. The molecule has 0 spiro atoms. The number of aromatic nitrogens is 2. The summed E-state index contributed by atoms with van der Waals surface area (Å²) in [4.78, 5) is 0. The third-order valence-corrected chi connectivity index (χ3v) is 4.70. The number of benzene rings is 3.